The van der Waals surface area contributed by atoms with Crippen LogP contribution < -0.4 is 0 Å². The van der Waals surface area contributed by atoms with Gasteiger partial charge in [-0.2, -0.15) is 0 Å². The molecule has 0 amide bonds. The van der Waals surface area contributed by atoms with Gasteiger partial charge in [-0.15, -0.1) is 0 Å². The summed E-state index contributed by atoms with van der Waals surface area (Å²) in [5.74, 6) is 0. The first-order valence-electron chi connectivity index (χ1n) is 6.33. The Morgan fingerprint density at radius 2 is 1.72 bits per heavy atom. The third kappa shape index (κ3) is 2.59. The summed E-state index contributed by atoms with van der Waals surface area (Å²) in [5.41, 5.74) is 4.95. The van der Waals surface area contributed by atoms with E-state index < -0.39 is 6.10 Å². The predicted octanol–water partition coefficient (Wildman–Crippen LogP) is 3.34. The standard InChI is InChI=1S/C16H19NO/c1-4-13-6-8-14(9-7-13)16(18)15-10-5-11(2)17-12(15)3/h5-10,16,18H,4H2,1-3H3. The number of pyridine rings is 1. The fourth-order valence-corrected chi connectivity index (χ4v) is 2.10. The first-order valence-corrected chi connectivity index (χ1v) is 6.33. The number of hydrogen-bond acceptors (Lipinski definition) is 2. The lowest BCUT2D eigenvalue weighted by molar-refractivity contribution is 0.219. The number of aryl methyl sites for hydroxylation is 3. The summed E-state index contributed by atoms with van der Waals surface area (Å²) in [5, 5.41) is 10.4. The van der Waals surface area contributed by atoms with Crippen LogP contribution in [0.5, 0.6) is 0 Å². The second-order valence-electron chi connectivity index (χ2n) is 4.62. The molecule has 1 atom stereocenters. The summed E-state index contributed by atoms with van der Waals surface area (Å²) in [4.78, 5) is 4.39. The van der Waals surface area contributed by atoms with Crippen LogP contribution in [0.4, 0.5) is 0 Å². The summed E-state index contributed by atoms with van der Waals surface area (Å²) in [6, 6.07) is 12.0. The monoisotopic (exact) mass is 241 g/mol. The molecule has 0 fully saturated rings. The van der Waals surface area contributed by atoms with Crippen molar-refractivity contribution in [3.05, 3.63) is 64.5 Å². The molecular weight excluding hydrogens is 222 g/mol. The molecule has 0 saturated carbocycles. The van der Waals surface area contributed by atoms with Crippen molar-refractivity contribution < 1.29 is 5.11 Å². The molecule has 1 unspecified atom stereocenters. The van der Waals surface area contributed by atoms with Crippen LogP contribution in [0, 0.1) is 13.8 Å². The van der Waals surface area contributed by atoms with Gasteiger partial charge >= 0.3 is 0 Å². The quantitative estimate of drug-likeness (QED) is 0.894. The predicted molar refractivity (Wildman–Crippen MR) is 73.6 cm³/mol. The lowest BCUT2D eigenvalue weighted by Crippen LogP contribution is -2.04. The molecule has 0 radical (unpaired) electrons. The number of aliphatic hydroxyl groups is 1. The number of rotatable bonds is 3. The zero-order chi connectivity index (χ0) is 13.1. The molecule has 1 heterocycles. The van der Waals surface area contributed by atoms with E-state index in [-0.39, 0.29) is 0 Å². The molecule has 1 aromatic heterocycles. The van der Waals surface area contributed by atoms with Gasteiger partial charge in [0, 0.05) is 17.0 Å². The first-order chi connectivity index (χ1) is 8.61. The van der Waals surface area contributed by atoms with Gasteiger partial charge in [-0.25, -0.2) is 0 Å². The average Bonchev–Trinajstić information content (AvgIpc) is 2.38. The highest BCUT2D eigenvalue weighted by Gasteiger charge is 2.13. The van der Waals surface area contributed by atoms with Gasteiger partial charge in [0.15, 0.2) is 0 Å². The maximum atomic E-state index is 10.4. The second-order valence-corrected chi connectivity index (χ2v) is 4.62. The largest absolute Gasteiger partial charge is 0.384 e. The maximum absolute atomic E-state index is 10.4. The topological polar surface area (TPSA) is 33.1 Å². The van der Waals surface area contributed by atoms with Crippen LogP contribution in [-0.2, 0) is 6.42 Å². The van der Waals surface area contributed by atoms with Crippen molar-refractivity contribution in [1.29, 1.82) is 0 Å². The Kier molecular flexibility index (Phi) is 3.78. The smallest absolute Gasteiger partial charge is 0.106 e. The SMILES string of the molecule is CCc1ccc(C(O)c2ccc(C)nc2C)cc1. The highest BCUT2D eigenvalue weighted by molar-refractivity contribution is 5.34. The van der Waals surface area contributed by atoms with Crippen molar-refractivity contribution in [2.75, 3.05) is 0 Å². The van der Waals surface area contributed by atoms with Gasteiger partial charge < -0.3 is 5.11 Å². The van der Waals surface area contributed by atoms with Crippen molar-refractivity contribution in [3.63, 3.8) is 0 Å². The number of aliphatic hydroxyl groups excluding tert-OH is 1. The van der Waals surface area contributed by atoms with Crippen LogP contribution in [0.25, 0.3) is 0 Å². The van der Waals surface area contributed by atoms with E-state index >= 15 is 0 Å². The summed E-state index contributed by atoms with van der Waals surface area (Å²) >= 11 is 0. The normalized spacial score (nSPS) is 12.4. The Morgan fingerprint density at radius 1 is 1.06 bits per heavy atom. The molecule has 0 bridgehead atoms. The minimum absolute atomic E-state index is 0.594. The van der Waals surface area contributed by atoms with Gasteiger partial charge in [0.2, 0.25) is 0 Å². The molecule has 2 heteroatoms. The van der Waals surface area contributed by atoms with E-state index in [0.29, 0.717) is 0 Å². The maximum Gasteiger partial charge on any atom is 0.106 e. The minimum atomic E-state index is -0.594. The average molecular weight is 241 g/mol. The molecule has 1 aromatic carbocycles. The highest BCUT2D eigenvalue weighted by atomic mass is 16.3. The molecule has 1 N–H and O–H groups in total. The highest BCUT2D eigenvalue weighted by Crippen LogP contribution is 2.24. The molecule has 0 spiro atoms. The number of benzene rings is 1. The van der Waals surface area contributed by atoms with Gasteiger partial charge in [-0.1, -0.05) is 37.3 Å². The summed E-state index contributed by atoms with van der Waals surface area (Å²) < 4.78 is 0. The van der Waals surface area contributed by atoms with Gasteiger partial charge in [-0.3, -0.25) is 4.98 Å². The van der Waals surface area contributed by atoms with E-state index in [1.165, 1.54) is 5.56 Å². The zero-order valence-corrected chi connectivity index (χ0v) is 11.1. The molecular formula is C16H19NO. The molecule has 2 rings (SSSR count). The van der Waals surface area contributed by atoms with E-state index in [1.54, 1.807) is 0 Å². The molecule has 0 aliphatic heterocycles. The van der Waals surface area contributed by atoms with Gasteiger partial charge in [0.25, 0.3) is 0 Å². The lowest BCUT2D eigenvalue weighted by atomic mass is 9.99. The fraction of sp³-hybridized carbons (Fsp3) is 0.312. The van der Waals surface area contributed by atoms with Crippen LogP contribution in [0.2, 0.25) is 0 Å². The number of hydrogen-bond donors (Lipinski definition) is 1. The van der Waals surface area contributed by atoms with Gasteiger partial charge in [0.1, 0.15) is 6.10 Å². The third-order valence-electron chi connectivity index (χ3n) is 3.26. The van der Waals surface area contributed by atoms with E-state index in [9.17, 15) is 5.11 Å². The van der Waals surface area contributed by atoms with E-state index in [4.69, 9.17) is 0 Å². The number of nitrogens with zero attached hydrogens (tertiary/aromatic N) is 1. The molecule has 2 nitrogen and oxygen atoms in total. The van der Waals surface area contributed by atoms with Crippen molar-refractivity contribution in [2.45, 2.75) is 33.3 Å². The second kappa shape index (κ2) is 5.32. The molecule has 0 saturated heterocycles. The summed E-state index contributed by atoms with van der Waals surface area (Å²) in [7, 11) is 0. The minimum Gasteiger partial charge on any atom is -0.384 e. The van der Waals surface area contributed by atoms with Crippen LogP contribution in [0.3, 0.4) is 0 Å². The lowest BCUT2D eigenvalue weighted by Gasteiger charge is -2.14. The Morgan fingerprint density at radius 3 is 2.28 bits per heavy atom. The van der Waals surface area contributed by atoms with Crippen LogP contribution in [-0.4, -0.2) is 10.1 Å². The van der Waals surface area contributed by atoms with Crippen LogP contribution in [0.1, 0.15) is 41.1 Å². The Hall–Kier alpha value is -1.67. The van der Waals surface area contributed by atoms with Gasteiger partial charge in [0.05, 0.1) is 0 Å². The van der Waals surface area contributed by atoms with Crippen molar-refractivity contribution in [3.8, 4) is 0 Å². The first kappa shape index (κ1) is 12.8. The molecule has 0 aliphatic carbocycles. The van der Waals surface area contributed by atoms with Crippen LogP contribution >= 0.6 is 0 Å². The molecule has 2 aromatic rings. The van der Waals surface area contributed by atoms with Gasteiger partial charge in [-0.05, 0) is 37.5 Å². The molecule has 18 heavy (non-hydrogen) atoms. The van der Waals surface area contributed by atoms with Crippen molar-refractivity contribution in [1.82, 2.24) is 4.98 Å². The third-order valence-corrected chi connectivity index (χ3v) is 3.26. The van der Waals surface area contributed by atoms with E-state index in [0.717, 1.165) is 28.9 Å². The van der Waals surface area contributed by atoms with Crippen LogP contribution in [0.15, 0.2) is 36.4 Å². The summed E-state index contributed by atoms with van der Waals surface area (Å²) in [6.45, 7) is 6.02. The molecule has 0 aliphatic rings. The number of aromatic nitrogens is 1. The Bertz CT molecular complexity index is 531. The van der Waals surface area contributed by atoms with Crippen molar-refractivity contribution >= 4 is 0 Å². The molecule has 94 valence electrons. The fourth-order valence-electron chi connectivity index (χ4n) is 2.10. The Labute approximate surface area is 108 Å². The Balaban J connectivity index is 2.31. The van der Waals surface area contributed by atoms with E-state index in [2.05, 4.69) is 24.0 Å². The zero-order valence-electron chi connectivity index (χ0n) is 11.1. The van der Waals surface area contributed by atoms with E-state index in [1.807, 2.05) is 38.1 Å². The summed E-state index contributed by atoms with van der Waals surface area (Å²) in [6.07, 6.45) is 0.422. The van der Waals surface area contributed by atoms with Crippen molar-refractivity contribution in [2.24, 2.45) is 0 Å².